The Hall–Kier alpha value is -2.34. The van der Waals surface area contributed by atoms with Crippen molar-refractivity contribution in [2.24, 2.45) is 0 Å². The van der Waals surface area contributed by atoms with Gasteiger partial charge in [0.2, 0.25) is 5.91 Å². The molecule has 0 saturated carbocycles. The lowest BCUT2D eigenvalue weighted by atomic mass is 10.0. The molecule has 0 bridgehead atoms. The lowest BCUT2D eigenvalue weighted by Crippen LogP contribution is -2.14. The second-order valence-corrected chi connectivity index (χ2v) is 6.08. The van der Waals surface area contributed by atoms with Crippen LogP contribution in [0.2, 0.25) is 0 Å². The van der Waals surface area contributed by atoms with Gasteiger partial charge in [0.1, 0.15) is 0 Å². The van der Waals surface area contributed by atoms with E-state index in [2.05, 4.69) is 10.6 Å². The summed E-state index contributed by atoms with van der Waals surface area (Å²) in [6.45, 7) is 6.39. The first-order valence-electron chi connectivity index (χ1n) is 7.91. The molecule has 2 N–H and O–H groups in total. The second-order valence-electron chi connectivity index (χ2n) is 6.08. The number of carbonyl (C=O) groups excluding carboxylic acids is 1. The molecule has 2 aromatic carbocycles. The molecule has 2 rings (SSSR count). The number of aryl methyl sites for hydroxylation is 2. The van der Waals surface area contributed by atoms with Crippen molar-refractivity contribution >= 4 is 11.6 Å². The van der Waals surface area contributed by atoms with Crippen LogP contribution in [0.3, 0.4) is 0 Å². The van der Waals surface area contributed by atoms with Gasteiger partial charge in [-0.2, -0.15) is 13.2 Å². The molecule has 0 aliphatic carbocycles. The number of carbonyl (C=O) groups is 1. The van der Waals surface area contributed by atoms with Crippen LogP contribution in [0.15, 0.2) is 36.4 Å². The van der Waals surface area contributed by atoms with E-state index in [1.54, 1.807) is 0 Å². The monoisotopic (exact) mass is 350 g/mol. The van der Waals surface area contributed by atoms with E-state index in [4.69, 9.17) is 0 Å². The zero-order valence-electron chi connectivity index (χ0n) is 14.4. The van der Waals surface area contributed by atoms with Crippen LogP contribution < -0.4 is 10.6 Å². The van der Waals surface area contributed by atoms with Gasteiger partial charge in [-0.15, -0.1) is 0 Å². The van der Waals surface area contributed by atoms with Gasteiger partial charge < -0.3 is 10.6 Å². The fourth-order valence-corrected chi connectivity index (χ4v) is 2.69. The number of halogens is 3. The molecule has 0 spiro atoms. The predicted molar refractivity (Wildman–Crippen MR) is 92.2 cm³/mol. The Kier molecular flexibility index (Phi) is 5.85. The van der Waals surface area contributed by atoms with Gasteiger partial charge in [-0.25, -0.2) is 0 Å². The summed E-state index contributed by atoms with van der Waals surface area (Å²) in [5.41, 5.74) is 3.96. The minimum absolute atomic E-state index is 0.112. The molecule has 0 saturated heterocycles. The van der Waals surface area contributed by atoms with Crippen molar-refractivity contribution in [3.63, 3.8) is 0 Å². The van der Waals surface area contributed by atoms with E-state index in [0.29, 0.717) is 13.1 Å². The van der Waals surface area contributed by atoms with Crippen LogP contribution in [0.5, 0.6) is 0 Å². The van der Waals surface area contributed by atoms with Gasteiger partial charge >= 0.3 is 6.18 Å². The summed E-state index contributed by atoms with van der Waals surface area (Å²) in [5, 5.41) is 6.04. The second kappa shape index (κ2) is 7.70. The Labute approximate surface area is 145 Å². The average Bonchev–Trinajstić information content (AvgIpc) is 2.50. The predicted octanol–water partition coefficient (Wildman–Crippen LogP) is 4.57. The van der Waals surface area contributed by atoms with E-state index in [1.807, 2.05) is 26.0 Å². The molecule has 0 unspecified atom stereocenters. The van der Waals surface area contributed by atoms with E-state index in [-0.39, 0.29) is 5.91 Å². The van der Waals surface area contributed by atoms with Crippen molar-refractivity contribution in [2.45, 2.75) is 40.0 Å². The van der Waals surface area contributed by atoms with Crippen LogP contribution in [-0.2, 0) is 24.1 Å². The minimum Gasteiger partial charge on any atom is -0.326 e. The molecule has 0 aliphatic heterocycles. The van der Waals surface area contributed by atoms with Crippen molar-refractivity contribution in [1.29, 1.82) is 0 Å². The lowest BCUT2D eigenvalue weighted by Gasteiger charge is -2.14. The van der Waals surface area contributed by atoms with Crippen LogP contribution in [0.4, 0.5) is 18.9 Å². The van der Waals surface area contributed by atoms with E-state index in [1.165, 1.54) is 19.1 Å². The highest BCUT2D eigenvalue weighted by molar-refractivity contribution is 5.90. The summed E-state index contributed by atoms with van der Waals surface area (Å²) < 4.78 is 37.6. The molecule has 134 valence electrons. The van der Waals surface area contributed by atoms with Crippen LogP contribution in [0, 0.1) is 13.8 Å². The summed E-state index contributed by atoms with van der Waals surface area (Å²) in [5.74, 6) is -0.112. The molecular weight excluding hydrogens is 329 g/mol. The maximum absolute atomic E-state index is 12.5. The summed E-state index contributed by atoms with van der Waals surface area (Å²) in [6.07, 6.45) is -4.31. The van der Waals surface area contributed by atoms with Gasteiger partial charge in [0.05, 0.1) is 5.56 Å². The lowest BCUT2D eigenvalue weighted by molar-refractivity contribution is -0.137. The molecule has 0 radical (unpaired) electrons. The van der Waals surface area contributed by atoms with E-state index >= 15 is 0 Å². The number of alkyl halides is 3. The zero-order valence-corrected chi connectivity index (χ0v) is 14.4. The SMILES string of the molecule is CC(=O)Nc1c(C)cc(CNCc2ccc(C(F)(F)F)cc2)cc1C. The van der Waals surface area contributed by atoms with Gasteiger partial charge in [0.15, 0.2) is 0 Å². The van der Waals surface area contributed by atoms with Gasteiger partial charge in [0.25, 0.3) is 0 Å². The standard InChI is InChI=1S/C19H21F3N2O/c1-12-8-16(9-13(2)18(12)24-14(3)25)11-23-10-15-4-6-17(7-5-15)19(20,21)22/h4-9,23H,10-11H2,1-3H3,(H,24,25). The van der Waals surface area contributed by atoms with Gasteiger partial charge in [0, 0.05) is 25.7 Å². The fraction of sp³-hybridized carbons (Fsp3) is 0.316. The Bertz CT molecular complexity index is 729. The Morgan fingerprint density at radius 2 is 1.48 bits per heavy atom. The number of benzene rings is 2. The van der Waals surface area contributed by atoms with Crippen molar-refractivity contribution in [2.75, 3.05) is 5.32 Å². The summed E-state index contributed by atoms with van der Waals surface area (Å²) in [6, 6.07) is 9.11. The molecule has 2 aromatic rings. The van der Waals surface area contributed by atoms with Crippen LogP contribution in [0.25, 0.3) is 0 Å². The number of rotatable bonds is 5. The van der Waals surface area contributed by atoms with Crippen LogP contribution >= 0.6 is 0 Å². The third-order valence-electron chi connectivity index (χ3n) is 3.83. The molecule has 0 atom stereocenters. The number of amides is 1. The summed E-state index contributed by atoms with van der Waals surface area (Å²) >= 11 is 0. The maximum Gasteiger partial charge on any atom is 0.416 e. The molecule has 0 aliphatic rings. The highest BCUT2D eigenvalue weighted by Crippen LogP contribution is 2.29. The largest absolute Gasteiger partial charge is 0.416 e. The number of anilines is 1. The topological polar surface area (TPSA) is 41.1 Å². The number of hydrogen-bond donors (Lipinski definition) is 2. The quantitative estimate of drug-likeness (QED) is 0.829. The van der Waals surface area contributed by atoms with Crippen molar-refractivity contribution in [3.05, 3.63) is 64.2 Å². The maximum atomic E-state index is 12.5. The van der Waals surface area contributed by atoms with Gasteiger partial charge in [-0.05, 0) is 48.2 Å². The normalized spacial score (nSPS) is 11.4. The first-order valence-corrected chi connectivity index (χ1v) is 7.91. The highest BCUT2D eigenvalue weighted by atomic mass is 19.4. The van der Waals surface area contributed by atoms with Gasteiger partial charge in [-0.3, -0.25) is 4.79 Å². The molecule has 0 heterocycles. The first-order chi connectivity index (χ1) is 11.7. The van der Waals surface area contributed by atoms with Crippen molar-refractivity contribution in [3.8, 4) is 0 Å². The Balaban J connectivity index is 1.97. The molecule has 25 heavy (non-hydrogen) atoms. The molecule has 1 amide bonds. The van der Waals surface area contributed by atoms with E-state index in [9.17, 15) is 18.0 Å². The minimum atomic E-state index is -4.31. The smallest absolute Gasteiger partial charge is 0.326 e. The molecule has 0 aromatic heterocycles. The van der Waals surface area contributed by atoms with Crippen LogP contribution in [-0.4, -0.2) is 5.91 Å². The van der Waals surface area contributed by atoms with E-state index in [0.717, 1.165) is 40.1 Å². The average molecular weight is 350 g/mol. The van der Waals surface area contributed by atoms with Crippen LogP contribution in [0.1, 0.15) is 34.7 Å². The molecule has 6 heteroatoms. The zero-order chi connectivity index (χ0) is 18.6. The molecular formula is C19H21F3N2O. The number of nitrogens with one attached hydrogen (secondary N) is 2. The molecule has 3 nitrogen and oxygen atoms in total. The van der Waals surface area contributed by atoms with Crippen molar-refractivity contribution < 1.29 is 18.0 Å². The summed E-state index contributed by atoms with van der Waals surface area (Å²) in [4.78, 5) is 11.2. The highest BCUT2D eigenvalue weighted by Gasteiger charge is 2.29. The fourth-order valence-electron chi connectivity index (χ4n) is 2.69. The Morgan fingerprint density at radius 3 is 1.96 bits per heavy atom. The molecule has 0 fully saturated rings. The van der Waals surface area contributed by atoms with Gasteiger partial charge in [-0.1, -0.05) is 24.3 Å². The Morgan fingerprint density at radius 1 is 0.960 bits per heavy atom. The van der Waals surface area contributed by atoms with E-state index < -0.39 is 11.7 Å². The summed E-state index contributed by atoms with van der Waals surface area (Å²) in [7, 11) is 0. The van der Waals surface area contributed by atoms with Crippen molar-refractivity contribution in [1.82, 2.24) is 5.32 Å². The first kappa shape index (κ1) is 19.0. The third kappa shape index (κ3) is 5.32. The third-order valence-corrected chi connectivity index (χ3v) is 3.83. The number of hydrogen-bond acceptors (Lipinski definition) is 2.